The van der Waals surface area contributed by atoms with E-state index >= 15 is 0 Å². The Morgan fingerprint density at radius 2 is 2.12 bits per heavy atom. The molecule has 2 rings (SSSR count). The Morgan fingerprint density at radius 1 is 1.35 bits per heavy atom. The van der Waals surface area contributed by atoms with E-state index in [-0.39, 0.29) is 24.0 Å². The monoisotopic (exact) mass is 493 g/mol. The fourth-order valence-corrected chi connectivity index (χ4v) is 4.18. The predicted octanol–water partition coefficient (Wildman–Crippen LogP) is 3.50. The van der Waals surface area contributed by atoms with Crippen molar-refractivity contribution in [3.63, 3.8) is 0 Å². The van der Waals surface area contributed by atoms with Gasteiger partial charge in [0.2, 0.25) is 0 Å². The van der Waals surface area contributed by atoms with E-state index in [1.807, 2.05) is 17.5 Å². The van der Waals surface area contributed by atoms with E-state index in [1.54, 1.807) is 0 Å². The molecule has 2 heterocycles. The molecule has 5 nitrogen and oxygen atoms in total. The van der Waals surface area contributed by atoms with Gasteiger partial charge in [-0.3, -0.25) is 4.99 Å². The summed E-state index contributed by atoms with van der Waals surface area (Å²) in [7, 11) is 0. The van der Waals surface area contributed by atoms with Crippen molar-refractivity contribution in [1.82, 2.24) is 20.1 Å². The van der Waals surface area contributed by atoms with E-state index < -0.39 is 0 Å². The van der Waals surface area contributed by atoms with Crippen LogP contribution in [-0.4, -0.2) is 66.6 Å². The lowest BCUT2D eigenvalue weighted by Gasteiger charge is -2.24. The zero-order valence-corrected chi connectivity index (χ0v) is 20.0. The molecule has 150 valence electrons. The summed E-state index contributed by atoms with van der Waals surface area (Å²) in [6.45, 7) is 16.3. The molecule has 0 aliphatic carbocycles. The van der Waals surface area contributed by atoms with Crippen molar-refractivity contribution in [2.24, 2.45) is 10.9 Å². The summed E-state index contributed by atoms with van der Waals surface area (Å²) in [5, 5.41) is 4.68. The Labute approximate surface area is 180 Å². The maximum atomic E-state index is 4.86. The molecule has 1 unspecified atom stereocenters. The summed E-state index contributed by atoms with van der Waals surface area (Å²) < 4.78 is 0. The summed E-state index contributed by atoms with van der Waals surface area (Å²) in [5.74, 6) is 1.84. The Hall–Kier alpha value is -0.410. The molecule has 7 heteroatoms. The molecule has 1 aliphatic rings. The van der Waals surface area contributed by atoms with Crippen LogP contribution in [0.25, 0.3) is 0 Å². The molecule has 1 aliphatic heterocycles. The summed E-state index contributed by atoms with van der Waals surface area (Å²) in [4.78, 5) is 15.7. The first-order chi connectivity index (χ1) is 12.2. The number of nitrogens with zero attached hydrogens (tertiary/aromatic N) is 4. The number of aliphatic imine (C=N–C) groups is 1. The SMILES string of the molecule is CCNC(=NCCc1ncc(CC)s1)N1CCC(CN(CC)CC)C1.I. The Bertz CT molecular complexity index is 530. The van der Waals surface area contributed by atoms with E-state index in [9.17, 15) is 0 Å². The van der Waals surface area contributed by atoms with Crippen molar-refractivity contribution < 1.29 is 0 Å². The lowest BCUT2D eigenvalue weighted by atomic mass is 10.1. The van der Waals surface area contributed by atoms with Crippen LogP contribution in [0.3, 0.4) is 0 Å². The van der Waals surface area contributed by atoms with Crippen LogP contribution in [0.15, 0.2) is 11.2 Å². The predicted molar refractivity (Wildman–Crippen MR) is 124 cm³/mol. The molecule has 1 fully saturated rings. The second kappa shape index (κ2) is 12.9. The Morgan fingerprint density at radius 3 is 2.73 bits per heavy atom. The van der Waals surface area contributed by atoms with Crippen LogP contribution in [0.5, 0.6) is 0 Å². The molecule has 0 spiro atoms. The Balaban J connectivity index is 0.00000338. The maximum absolute atomic E-state index is 4.86. The number of hydrogen-bond acceptors (Lipinski definition) is 4. The van der Waals surface area contributed by atoms with Gasteiger partial charge >= 0.3 is 0 Å². The van der Waals surface area contributed by atoms with Crippen LogP contribution in [0, 0.1) is 5.92 Å². The highest BCUT2D eigenvalue weighted by Crippen LogP contribution is 2.18. The minimum atomic E-state index is 0. The van der Waals surface area contributed by atoms with Crippen molar-refractivity contribution in [1.29, 1.82) is 0 Å². The summed E-state index contributed by atoms with van der Waals surface area (Å²) >= 11 is 1.82. The topological polar surface area (TPSA) is 43.8 Å². The normalized spacial score (nSPS) is 17.7. The van der Waals surface area contributed by atoms with Crippen molar-refractivity contribution in [3.05, 3.63) is 16.1 Å². The number of thiazole rings is 1. The summed E-state index contributed by atoms with van der Waals surface area (Å²) in [5.41, 5.74) is 0. The van der Waals surface area contributed by atoms with Crippen LogP contribution in [-0.2, 0) is 12.8 Å². The van der Waals surface area contributed by atoms with Gasteiger partial charge in [0.1, 0.15) is 0 Å². The van der Waals surface area contributed by atoms with Crippen LogP contribution in [0.2, 0.25) is 0 Å². The van der Waals surface area contributed by atoms with Gasteiger partial charge in [-0.1, -0.05) is 20.8 Å². The summed E-state index contributed by atoms with van der Waals surface area (Å²) in [6, 6.07) is 0. The zero-order valence-electron chi connectivity index (χ0n) is 16.8. The van der Waals surface area contributed by atoms with Gasteiger partial charge in [-0.25, -0.2) is 4.98 Å². The second-order valence-electron chi connectivity index (χ2n) is 6.65. The fraction of sp³-hybridized carbons (Fsp3) is 0.789. The number of aromatic nitrogens is 1. The molecule has 0 bridgehead atoms. The van der Waals surface area contributed by atoms with Crippen LogP contribution < -0.4 is 5.32 Å². The fourth-order valence-electron chi connectivity index (χ4n) is 3.33. The minimum absolute atomic E-state index is 0. The zero-order chi connectivity index (χ0) is 18.1. The number of aryl methyl sites for hydroxylation is 1. The lowest BCUT2D eigenvalue weighted by molar-refractivity contribution is 0.255. The third-order valence-electron chi connectivity index (χ3n) is 4.87. The van der Waals surface area contributed by atoms with E-state index in [4.69, 9.17) is 4.99 Å². The van der Waals surface area contributed by atoms with Crippen LogP contribution in [0.4, 0.5) is 0 Å². The molecule has 1 saturated heterocycles. The first-order valence-corrected chi connectivity index (χ1v) is 10.7. The molecule has 1 atom stereocenters. The van der Waals surface area contributed by atoms with Crippen LogP contribution in [0.1, 0.15) is 44.0 Å². The molecule has 0 saturated carbocycles. The van der Waals surface area contributed by atoms with E-state index in [1.165, 1.54) is 22.9 Å². The molecule has 0 aromatic carbocycles. The van der Waals surface area contributed by atoms with Crippen molar-refractivity contribution >= 4 is 41.3 Å². The van der Waals surface area contributed by atoms with Crippen molar-refractivity contribution in [2.45, 2.75) is 47.0 Å². The first-order valence-electron chi connectivity index (χ1n) is 9.89. The highest BCUT2D eigenvalue weighted by atomic mass is 127. The number of rotatable bonds is 9. The largest absolute Gasteiger partial charge is 0.357 e. The number of hydrogen-bond donors (Lipinski definition) is 1. The van der Waals surface area contributed by atoms with Gasteiger partial charge in [-0.15, -0.1) is 35.3 Å². The molecular weight excluding hydrogens is 457 g/mol. The third kappa shape index (κ3) is 7.31. The molecule has 26 heavy (non-hydrogen) atoms. The van der Waals surface area contributed by atoms with Gasteiger partial charge in [0.25, 0.3) is 0 Å². The standard InChI is InChI=1S/C19H35N5S.HI/c1-5-17-13-22-18(25-17)9-11-21-19(20-6-2)24-12-10-16(15-24)14-23(7-3)8-4;/h13,16H,5-12,14-15H2,1-4H3,(H,20,21);1H. The number of halogens is 1. The number of likely N-dealkylation sites (tertiary alicyclic amines) is 1. The van der Waals surface area contributed by atoms with Gasteiger partial charge in [0.15, 0.2) is 5.96 Å². The van der Waals surface area contributed by atoms with Gasteiger partial charge < -0.3 is 15.1 Å². The van der Waals surface area contributed by atoms with E-state index in [2.05, 4.69) is 47.8 Å². The highest BCUT2D eigenvalue weighted by Gasteiger charge is 2.25. The van der Waals surface area contributed by atoms with E-state index in [0.717, 1.165) is 64.0 Å². The van der Waals surface area contributed by atoms with Gasteiger partial charge in [0, 0.05) is 50.2 Å². The molecular formula is C19H36IN5S. The highest BCUT2D eigenvalue weighted by molar-refractivity contribution is 14.0. The molecule has 0 radical (unpaired) electrons. The maximum Gasteiger partial charge on any atom is 0.193 e. The second-order valence-corrected chi connectivity index (χ2v) is 7.85. The molecule has 1 aromatic rings. The molecule has 1 N–H and O–H groups in total. The molecule has 1 aromatic heterocycles. The Kier molecular flexibility index (Phi) is 11.7. The van der Waals surface area contributed by atoms with Crippen molar-refractivity contribution in [3.8, 4) is 0 Å². The summed E-state index contributed by atoms with van der Waals surface area (Å²) in [6.07, 6.45) is 5.29. The molecule has 0 amide bonds. The first kappa shape index (κ1) is 23.6. The average Bonchev–Trinajstić information content (AvgIpc) is 3.28. The van der Waals surface area contributed by atoms with Gasteiger partial charge in [-0.2, -0.15) is 0 Å². The van der Waals surface area contributed by atoms with Crippen LogP contribution >= 0.6 is 35.3 Å². The van der Waals surface area contributed by atoms with Gasteiger partial charge in [0.05, 0.1) is 5.01 Å². The van der Waals surface area contributed by atoms with Crippen molar-refractivity contribution in [2.75, 3.05) is 45.8 Å². The average molecular weight is 494 g/mol. The number of nitrogens with one attached hydrogen (secondary N) is 1. The minimum Gasteiger partial charge on any atom is -0.357 e. The third-order valence-corrected chi connectivity index (χ3v) is 6.07. The quantitative estimate of drug-likeness (QED) is 0.325. The lowest BCUT2D eigenvalue weighted by Crippen LogP contribution is -2.41. The number of guanidine groups is 1. The van der Waals surface area contributed by atoms with E-state index in [0.29, 0.717) is 0 Å². The van der Waals surface area contributed by atoms with Gasteiger partial charge in [-0.05, 0) is 38.8 Å². The smallest absolute Gasteiger partial charge is 0.193 e.